The van der Waals surface area contributed by atoms with Crippen LogP contribution in [-0.4, -0.2) is 63.2 Å². The first-order chi connectivity index (χ1) is 12.2. The van der Waals surface area contributed by atoms with E-state index in [9.17, 15) is 4.39 Å². The second-order valence-corrected chi connectivity index (χ2v) is 6.93. The number of aliphatic imine (C=N–C) groups is 1. The lowest BCUT2D eigenvalue weighted by Gasteiger charge is -2.36. The lowest BCUT2D eigenvalue weighted by atomic mass is 10.2. The minimum Gasteiger partial charge on any atom is -0.369 e. The molecule has 1 aliphatic carbocycles. The van der Waals surface area contributed by atoms with Crippen molar-refractivity contribution in [2.45, 2.75) is 31.7 Å². The van der Waals surface area contributed by atoms with Crippen LogP contribution in [0.5, 0.6) is 0 Å². The summed E-state index contributed by atoms with van der Waals surface area (Å²) in [6.07, 6.45) is 5.16. The predicted octanol–water partition coefficient (Wildman–Crippen LogP) is 2.67. The molecular formula is C19H31FIN5. The molecule has 2 fully saturated rings. The molecule has 1 aliphatic heterocycles. The van der Waals surface area contributed by atoms with E-state index >= 15 is 0 Å². The second kappa shape index (κ2) is 10.9. The summed E-state index contributed by atoms with van der Waals surface area (Å²) in [4.78, 5) is 9.12. The summed E-state index contributed by atoms with van der Waals surface area (Å²) in [5.74, 6) is 0.755. The molecule has 0 radical (unpaired) electrons. The van der Waals surface area contributed by atoms with Crippen molar-refractivity contribution >= 4 is 35.6 Å². The third kappa shape index (κ3) is 6.26. The van der Waals surface area contributed by atoms with Crippen LogP contribution in [0.2, 0.25) is 0 Å². The number of hydrogen-bond donors (Lipinski definition) is 2. The molecule has 1 aromatic carbocycles. The van der Waals surface area contributed by atoms with Crippen LogP contribution in [0.3, 0.4) is 0 Å². The number of rotatable bonds is 5. The van der Waals surface area contributed by atoms with Crippen LogP contribution in [-0.2, 0) is 0 Å². The maximum absolute atomic E-state index is 13.0. The van der Waals surface area contributed by atoms with Crippen molar-refractivity contribution in [2.24, 2.45) is 4.99 Å². The first-order valence-corrected chi connectivity index (χ1v) is 9.44. The van der Waals surface area contributed by atoms with E-state index in [0.717, 1.165) is 50.9 Å². The van der Waals surface area contributed by atoms with Gasteiger partial charge in [0.1, 0.15) is 5.82 Å². The Labute approximate surface area is 173 Å². The molecule has 26 heavy (non-hydrogen) atoms. The molecule has 2 aliphatic rings. The van der Waals surface area contributed by atoms with Crippen LogP contribution in [0.15, 0.2) is 29.3 Å². The zero-order valence-corrected chi connectivity index (χ0v) is 17.9. The molecule has 1 heterocycles. The number of halogens is 2. The average molecular weight is 475 g/mol. The smallest absolute Gasteiger partial charge is 0.191 e. The van der Waals surface area contributed by atoms with E-state index in [2.05, 4.69) is 25.4 Å². The van der Waals surface area contributed by atoms with Crippen LogP contribution < -0.4 is 15.5 Å². The van der Waals surface area contributed by atoms with Gasteiger partial charge in [-0.2, -0.15) is 0 Å². The normalized spacial score (nSPS) is 19.3. The summed E-state index contributed by atoms with van der Waals surface area (Å²) >= 11 is 0. The minimum atomic E-state index is -0.173. The number of nitrogens with one attached hydrogen (secondary N) is 2. The highest BCUT2D eigenvalue weighted by Gasteiger charge is 2.18. The average Bonchev–Trinajstić information content (AvgIpc) is 3.15. The van der Waals surface area contributed by atoms with Crippen LogP contribution in [0.1, 0.15) is 25.7 Å². The molecule has 146 valence electrons. The number of anilines is 1. The van der Waals surface area contributed by atoms with Crippen LogP contribution >= 0.6 is 24.0 Å². The van der Waals surface area contributed by atoms with Crippen molar-refractivity contribution in [1.29, 1.82) is 0 Å². The Morgan fingerprint density at radius 3 is 2.38 bits per heavy atom. The van der Waals surface area contributed by atoms with Crippen LogP contribution in [0.4, 0.5) is 10.1 Å². The Morgan fingerprint density at radius 1 is 1.12 bits per heavy atom. The fourth-order valence-electron chi connectivity index (χ4n) is 3.67. The predicted molar refractivity (Wildman–Crippen MR) is 117 cm³/mol. The minimum absolute atomic E-state index is 0. The molecule has 0 aromatic heterocycles. The Kier molecular flexibility index (Phi) is 8.90. The van der Waals surface area contributed by atoms with Gasteiger partial charge in [0.25, 0.3) is 0 Å². The Balaban J connectivity index is 0.00000243. The highest BCUT2D eigenvalue weighted by Crippen LogP contribution is 2.18. The fraction of sp³-hybridized carbons (Fsp3) is 0.632. The first-order valence-electron chi connectivity index (χ1n) is 9.44. The molecule has 0 bridgehead atoms. The van der Waals surface area contributed by atoms with Gasteiger partial charge < -0.3 is 15.5 Å². The van der Waals surface area contributed by atoms with Crippen molar-refractivity contribution in [3.05, 3.63) is 30.1 Å². The number of piperazine rings is 1. The molecule has 1 aromatic rings. The zero-order chi connectivity index (χ0) is 17.5. The molecule has 0 spiro atoms. The van der Waals surface area contributed by atoms with Gasteiger partial charge in [0, 0.05) is 58.0 Å². The van der Waals surface area contributed by atoms with E-state index in [4.69, 9.17) is 0 Å². The molecule has 0 atom stereocenters. The van der Waals surface area contributed by atoms with Gasteiger partial charge in [0.2, 0.25) is 0 Å². The summed E-state index contributed by atoms with van der Waals surface area (Å²) in [6, 6.07) is 7.39. The van der Waals surface area contributed by atoms with Crippen LogP contribution in [0.25, 0.3) is 0 Å². The molecule has 0 amide bonds. The molecule has 1 saturated heterocycles. The van der Waals surface area contributed by atoms with Crippen molar-refractivity contribution < 1.29 is 4.39 Å². The Hall–Kier alpha value is -1.09. The van der Waals surface area contributed by atoms with E-state index in [1.807, 2.05) is 19.2 Å². The topological polar surface area (TPSA) is 42.9 Å². The lowest BCUT2D eigenvalue weighted by Crippen LogP contribution is -2.50. The van der Waals surface area contributed by atoms with E-state index in [1.165, 1.54) is 37.8 Å². The molecule has 1 saturated carbocycles. The Bertz CT molecular complexity index is 552. The summed E-state index contributed by atoms with van der Waals surface area (Å²) in [5, 5.41) is 6.95. The van der Waals surface area contributed by atoms with Crippen molar-refractivity contribution in [3.8, 4) is 0 Å². The number of hydrogen-bond acceptors (Lipinski definition) is 3. The van der Waals surface area contributed by atoms with Gasteiger partial charge in [-0.3, -0.25) is 9.89 Å². The van der Waals surface area contributed by atoms with Gasteiger partial charge in [0.05, 0.1) is 0 Å². The highest BCUT2D eigenvalue weighted by atomic mass is 127. The van der Waals surface area contributed by atoms with Crippen molar-refractivity contribution in [2.75, 3.05) is 51.2 Å². The van der Waals surface area contributed by atoms with E-state index in [1.54, 1.807) is 0 Å². The van der Waals surface area contributed by atoms with E-state index in [-0.39, 0.29) is 29.8 Å². The summed E-state index contributed by atoms with van der Waals surface area (Å²) < 4.78 is 13.0. The largest absolute Gasteiger partial charge is 0.369 e. The standard InChI is InChI=1S/C19H30FN5.HI/c1-21-19(23-17-4-2-3-5-17)22-10-11-24-12-14-25(15-13-24)18-8-6-16(20)7-9-18;/h6-9,17H,2-5,10-15H2,1H3,(H2,21,22,23);1H. The molecule has 2 N–H and O–H groups in total. The summed E-state index contributed by atoms with van der Waals surface area (Å²) in [5.41, 5.74) is 1.11. The van der Waals surface area contributed by atoms with Crippen molar-refractivity contribution in [1.82, 2.24) is 15.5 Å². The number of benzene rings is 1. The highest BCUT2D eigenvalue weighted by molar-refractivity contribution is 14.0. The quantitative estimate of drug-likeness (QED) is 0.391. The SMILES string of the molecule is CN=C(NCCN1CCN(c2ccc(F)cc2)CC1)NC1CCCC1.I. The maximum atomic E-state index is 13.0. The van der Waals surface area contributed by atoms with Gasteiger partial charge in [0.15, 0.2) is 5.96 Å². The third-order valence-corrected chi connectivity index (χ3v) is 5.20. The summed E-state index contributed by atoms with van der Waals surface area (Å²) in [6.45, 7) is 5.97. The lowest BCUT2D eigenvalue weighted by molar-refractivity contribution is 0.261. The molecule has 0 unspecified atom stereocenters. The van der Waals surface area contributed by atoms with Crippen LogP contribution in [0, 0.1) is 5.82 Å². The van der Waals surface area contributed by atoms with Gasteiger partial charge in [-0.1, -0.05) is 12.8 Å². The van der Waals surface area contributed by atoms with Gasteiger partial charge in [-0.05, 0) is 37.1 Å². The maximum Gasteiger partial charge on any atom is 0.191 e. The number of guanidine groups is 1. The van der Waals surface area contributed by atoms with E-state index in [0.29, 0.717) is 6.04 Å². The second-order valence-electron chi connectivity index (χ2n) is 6.93. The third-order valence-electron chi connectivity index (χ3n) is 5.20. The Morgan fingerprint density at radius 2 is 1.77 bits per heavy atom. The van der Waals surface area contributed by atoms with E-state index < -0.39 is 0 Å². The first kappa shape index (κ1) is 21.2. The molecular weight excluding hydrogens is 444 g/mol. The molecule has 3 rings (SSSR count). The van der Waals surface area contributed by atoms with Crippen molar-refractivity contribution in [3.63, 3.8) is 0 Å². The summed E-state index contributed by atoms with van der Waals surface area (Å²) in [7, 11) is 1.84. The molecule has 7 heteroatoms. The van der Waals surface area contributed by atoms with Gasteiger partial charge in [-0.15, -0.1) is 24.0 Å². The number of nitrogens with zero attached hydrogens (tertiary/aromatic N) is 3. The monoisotopic (exact) mass is 475 g/mol. The fourth-order valence-corrected chi connectivity index (χ4v) is 3.67. The van der Waals surface area contributed by atoms with Gasteiger partial charge in [-0.25, -0.2) is 4.39 Å². The molecule has 5 nitrogen and oxygen atoms in total. The van der Waals surface area contributed by atoms with Gasteiger partial charge >= 0.3 is 0 Å². The zero-order valence-electron chi connectivity index (χ0n) is 15.6.